The molecule has 0 saturated heterocycles. The summed E-state index contributed by atoms with van der Waals surface area (Å²) in [4.78, 5) is 17.5. The van der Waals surface area contributed by atoms with E-state index in [1.54, 1.807) is 12.3 Å². The summed E-state index contributed by atoms with van der Waals surface area (Å²) in [6.45, 7) is 0. The smallest absolute Gasteiger partial charge is 0.337 e. The van der Waals surface area contributed by atoms with Crippen LogP contribution in [0.3, 0.4) is 0 Å². The largest absolute Gasteiger partial charge is 0.478 e. The molecule has 0 aliphatic heterocycles. The Kier molecular flexibility index (Phi) is 1.81. The van der Waals surface area contributed by atoms with Crippen molar-refractivity contribution >= 4 is 32.9 Å². The molecule has 0 aliphatic carbocycles. The molecule has 2 heterocycles. The van der Waals surface area contributed by atoms with Gasteiger partial charge in [-0.3, -0.25) is 0 Å². The van der Waals surface area contributed by atoms with Crippen molar-refractivity contribution in [3.8, 4) is 0 Å². The number of carboxylic acids is 1. The highest BCUT2D eigenvalue weighted by atomic mass is 79.9. The van der Waals surface area contributed by atoms with Gasteiger partial charge in [0.05, 0.1) is 5.56 Å². The maximum Gasteiger partial charge on any atom is 0.337 e. The third kappa shape index (κ3) is 1.31. The fourth-order valence-corrected chi connectivity index (χ4v) is 1.50. The van der Waals surface area contributed by atoms with E-state index >= 15 is 0 Å². The van der Waals surface area contributed by atoms with E-state index in [9.17, 15) is 4.79 Å². The standard InChI is InChI=1S/C8H5BrN2O2/c9-6-3-11-7-5(6)1-4(2-10-7)8(12)13/h1-3H,(H,10,11)(H,12,13). The van der Waals surface area contributed by atoms with E-state index in [4.69, 9.17) is 5.11 Å². The van der Waals surface area contributed by atoms with Crippen LogP contribution in [0.1, 0.15) is 10.4 Å². The normalized spacial score (nSPS) is 10.5. The topological polar surface area (TPSA) is 66.0 Å². The maximum atomic E-state index is 10.6. The van der Waals surface area contributed by atoms with E-state index in [1.807, 2.05) is 0 Å². The van der Waals surface area contributed by atoms with Gasteiger partial charge in [-0.25, -0.2) is 9.78 Å². The number of carboxylic acid groups (broad SMARTS) is 1. The fraction of sp³-hybridized carbons (Fsp3) is 0. The molecule has 2 N–H and O–H groups in total. The summed E-state index contributed by atoms with van der Waals surface area (Å²) < 4.78 is 0.818. The van der Waals surface area contributed by atoms with Crippen LogP contribution >= 0.6 is 15.9 Å². The molecule has 0 amide bonds. The first kappa shape index (κ1) is 8.25. The van der Waals surface area contributed by atoms with Gasteiger partial charge in [0.1, 0.15) is 5.65 Å². The highest BCUT2D eigenvalue weighted by Gasteiger charge is 2.07. The molecule has 0 spiro atoms. The van der Waals surface area contributed by atoms with Crippen molar-refractivity contribution < 1.29 is 9.90 Å². The number of halogens is 1. The summed E-state index contributed by atoms with van der Waals surface area (Å²) in [7, 11) is 0. The number of aromatic amines is 1. The van der Waals surface area contributed by atoms with Crippen molar-refractivity contribution in [2.75, 3.05) is 0 Å². The Morgan fingerprint density at radius 2 is 2.38 bits per heavy atom. The van der Waals surface area contributed by atoms with Crippen molar-refractivity contribution in [3.63, 3.8) is 0 Å². The van der Waals surface area contributed by atoms with Gasteiger partial charge >= 0.3 is 5.97 Å². The Morgan fingerprint density at radius 1 is 1.62 bits per heavy atom. The van der Waals surface area contributed by atoms with Gasteiger partial charge in [-0.05, 0) is 22.0 Å². The van der Waals surface area contributed by atoms with Crippen LogP contribution in [0.4, 0.5) is 0 Å². The van der Waals surface area contributed by atoms with Gasteiger partial charge in [0.2, 0.25) is 0 Å². The number of hydrogen-bond acceptors (Lipinski definition) is 2. The zero-order valence-corrected chi connectivity index (χ0v) is 8.00. The van der Waals surface area contributed by atoms with Crippen LogP contribution in [0.2, 0.25) is 0 Å². The summed E-state index contributed by atoms with van der Waals surface area (Å²) in [6, 6.07) is 1.57. The number of rotatable bonds is 1. The Balaban J connectivity index is 2.72. The van der Waals surface area contributed by atoms with E-state index in [-0.39, 0.29) is 5.56 Å². The number of carbonyl (C=O) groups is 1. The molecular formula is C8H5BrN2O2. The van der Waals surface area contributed by atoms with E-state index in [2.05, 4.69) is 25.9 Å². The quantitative estimate of drug-likeness (QED) is 0.802. The van der Waals surface area contributed by atoms with Gasteiger partial charge in [0.25, 0.3) is 0 Å². The first-order valence-electron chi connectivity index (χ1n) is 3.54. The summed E-state index contributed by atoms with van der Waals surface area (Å²) in [5.41, 5.74) is 0.865. The van der Waals surface area contributed by atoms with Crippen LogP contribution < -0.4 is 0 Å². The SMILES string of the molecule is O=C(O)c1cnc2[nH]cc(Br)c2c1. The summed E-state index contributed by atoms with van der Waals surface area (Å²) >= 11 is 3.29. The lowest BCUT2D eigenvalue weighted by Crippen LogP contribution is -1.96. The van der Waals surface area contributed by atoms with Gasteiger partial charge in [-0.1, -0.05) is 0 Å². The highest BCUT2D eigenvalue weighted by Crippen LogP contribution is 2.22. The Hall–Kier alpha value is -1.36. The van der Waals surface area contributed by atoms with Gasteiger partial charge < -0.3 is 10.1 Å². The number of hydrogen-bond donors (Lipinski definition) is 2. The molecule has 0 aromatic carbocycles. The predicted octanol–water partition coefficient (Wildman–Crippen LogP) is 2.02. The van der Waals surface area contributed by atoms with E-state index < -0.39 is 5.97 Å². The number of H-pyrrole nitrogens is 1. The summed E-state index contributed by atoms with van der Waals surface area (Å²) in [6.07, 6.45) is 3.05. The van der Waals surface area contributed by atoms with E-state index in [0.29, 0.717) is 5.65 Å². The molecule has 5 heteroatoms. The Morgan fingerprint density at radius 3 is 3.08 bits per heavy atom. The first-order valence-corrected chi connectivity index (χ1v) is 4.33. The molecule has 2 aromatic rings. The molecule has 2 aromatic heterocycles. The number of aromatic carboxylic acids is 1. The minimum atomic E-state index is -0.970. The Labute approximate surface area is 81.7 Å². The van der Waals surface area contributed by atoms with Gasteiger partial charge in [-0.2, -0.15) is 0 Å². The molecule has 2 rings (SSSR count). The third-order valence-corrected chi connectivity index (χ3v) is 2.38. The zero-order chi connectivity index (χ0) is 9.42. The summed E-state index contributed by atoms with van der Waals surface area (Å²) in [5.74, 6) is -0.970. The molecule has 0 aliphatic rings. The van der Waals surface area contributed by atoms with Gasteiger partial charge in [0.15, 0.2) is 0 Å². The second kappa shape index (κ2) is 2.85. The molecule has 13 heavy (non-hydrogen) atoms. The van der Waals surface area contributed by atoms with Crippen LogP contribution in [0, 0.1) is 0 Å². The maximum absolute atomic E-state index is 10.6. The van der Waals surface area contributed by atoms with Crippen LogP contribution in [0.5, 0.6) is 0 Å². The number of fused-ring (bicyclic) bond motifs is 1. The molecule has 0 unspecified atom stereocenters. The molecule has 66 valence electrons. The Bertz CT molecular complexity index is 478. The molecule has 0 bridgehead atoms. The van der Waals surface area contributed by atoms with Crippen molar-refractivity contribution in [3.05, 3.63) is 28.5 Å². The zero-order valence-electron chi connectivity index (χ0n) is 6.41. The lowest BCUT2D eigenvalue weighted by Gasteiger charge is -1.93. The molecule has 0 atom stereocenters. The lowest BCUT2D eigenvalue weighted by atomic mass is 10.2. The van der Waals surface area contributed by atoms with Crippen molar-refractivity contribution in [2.24, 2.45) is 0 Å². The summed E-state index contributed by atoms with van der Waals surface area (Å²) in [5, 5.41) is 9.48. The van der Waals surface area contributed by atoms with Crippen molar-refractivity contribution in [1.82, 2.24) is 9.97 Å². The second-order valence-corrected chi connectivity index (χ2v) is 3.42. The predicted molar refractivity (Wildman–Crippen MR) is 50.8 cm³/mol. The average molecular weight is 241 g/mol. The van der Waals surface area contributed by atoms with Crippen molar-refractivity contribution in [2.45, 2.75) is 0 Å². The highest BCUT2D eigenvalue weighted by molar-refractivity contribution is 9.10. The van der Waals surface area contributed by atoms with E-state index in [0.717, 1.165) is 9.86 Å². The van der Waals surface area contributed by atoms with E-state index in [1.165, 1.54) is 6.20 Å². The van der Waals surface area contributed by atoms with Crippen LogP contribution in [-0.4, -0.2) is 21.0 Å². The van der Waals surface area contributed by atoms with Crippen LogP contribution in [0.25, 0.3) is 11.0 Å². The number of nitrogens with one attached hydrogen (secondary N) is 1. The second-order valence-electron chi connectivity index (χ2n) is 2.56. The van der Waals surface area contributed by atoms with Crippen molar-refractivity contribution in [1.29, 1.82) is 0 Å². The lowest BCUT2D eigenvalue weighted by molar-refractivity contribution is 0.0696. The molecule has 0 radical (unpaired) electrons. The minimum absolute atomic E-state index is 0.188. The minimum Gasteiger partial charge on any atom is -0.478 e. The molecule has 0 saturated carbocycles. The number of aromatic nitrogens is 2. The van der Waals surface area contributed by atoms with Gasteiger partial charge in [0, 0.05) is 22.3 Å². The van der Waals surface area contributed by atoms with Crippen LogP contribution in [-0.2, 0) is 0 Å². The number of pyridine rings is 1. The molecular weight excluding hydrogens is 236 g/mol. The molecule has 0 fully saturated rings. The first-order chi connectivity index (χ1) is 6.18. The van der Waals surface area contributed by atoms with Gasteiger partial charge in [-0.15, -0.1) is 0 Å². The third-order valence-electron chi connectivity index (χ3n) is 1.73. The number of nitrogens with zero attached hydrogens (tertiary/aromatic N) is 1. The average Bonchev–Trinajstić information content (AvgIpc) is 2.47. The monoisotopic (exact) mass is 240 g/mol. The molecule has 4 nitrogen and oxygen atoms in total. The fourth-order valence-electron chi connectivity index (χ4n) is 1.09. The van der Waals surface area contributed by atoms with Crippen LogP contribution in [0.15, 0.2) is 22.9 Å².